The molecule has 31 heavy (non-hydrogen) atoms. The highest BCUT2D eigenvalue weighted by Crippen LogP contribution is 2.46. The van der Waals surface area contributed by atoms with Gasteiger partial charge in [-0.15, -0.1) is 0 Å². The maximum atomic E-state index is 13.3. The second-order valence-corrected chi connectivity index (χ2v) is 9.05. The fourth-order valence-corrected chi connectivity index (χ4v) is 5.08. The van der Waals surface area contributed by atoms with Gasteiger partial charge < -0.3 is 15.1 Å². The van der Waals surface area contributed by atoms with Crippen LogP contribution < -0.4 is 5.32 Å². The van der Waals surface area contributed by atoms with E-state index < -0.39 is 12.0 Å². The van der Waals surface area contributed by atoms with Crippen LogP contribution in [0.3, 0.4) is 0 Å². The van der Waals surface area contributed by atoms with Gasteiger partial charge in [-0.25, -0.2) is 18.4 Å². The number of rotatable bonds is 3. The number of alkyl halides is 2. The minimum Gasteiger partial charge on any atom is -0.335 e. The Kier molecular flexibility index (Phi) is 4.86. The molecule has 0 bridgehead atoms. The molecule has 0 radical (unpaired) electrons. The molecule has 3 atom stereocenters. The number of fused-ring (bicyclic) bond motifs is 1. The van der Waals surface area contributed by atoms with E-state index in [1.165, 1.54) is 9.80 Å². The Labute approximate surface area is 179 Å². The first-order valence-corrected chi connectivity index (χ1v) is 11.0. The van der Waals surface area contributed by atoms with E-state index in [2.05, 4.69) is 5.32 Å². The standard InChI is InChI=1S/C22H26F2N4O3/c23-22(24)8-6-15(7-9-22)25-20(30)26-10-11-27-18(13-26)19(29)28(21(27)31)17-12-16(17)14-4-2-1-3-5-14/h1-5,15-18H,6-13H2,(H,25,30)/t16-,17+,18+/m1/s1. The Morgan fingerprint density at radius 1 is 1.06 bits per heavy atom. The van der Waals surface area contributed by atoms with Crippen LogP contribution in [0.2, 0.25) is 0 Å². The highest BCUT2D eigenvalue weighted by Gasteiger charge is 2.56. The number of piperazine rings is 1. The second-order valence-electron chi connectivity index (χ2n) is 9.05. The van der Waals surface area contributed by atoms with Crippen molar-refractivity contribution in [2.75, 3.05) is 19.6 Å². The lowest BCUT2D eigenvalue weighted by molar-refractivity contribution is -0.129. The number of urea groups is 2. The largest absolute Gasteiger partial charge is 0.335 e. The zero-order chi connectivity index (χ0) is 21.8. The zero-order valence-electron chi connectivity index (χ0n) is 17.2. The van der Waals surface area contributed by atoms with E-state index in [0.717, 1.165) is 12.0 Å². The Balaban J connectivity index is 1.20. The lowest BCUT2D eigenvalue weighted by Crippen LogP contribution is -2.58. The van der Waals surface area contributed by atoms with Crippen LogP contribution in [0.4, 0.5) is 18.4 Å². The van der Waals surface area contributed by atoms with Crippen molar-refractivity contribution in [1.29, 1.82) is 0 Å². The number of nitrogens with zero attached hydrogens (tertiary/aromatic N) is 3. The van der Waals surface area contributed by atoms with Crippen molar-refractivity contribution < 1.29 is 23.2 Å². The number of amides is 5. The van der Waals surface area contributed by atoms with E-state index >= 15 is 0 Å². The molecule has 4 aliphatic rings. The number of hydrogen-bond donors (Lipinski definition) is 1. The summed E-state index contributed by atoms with van der Waals surface area (Å²) in [6.07, 6.45) is 0.810. The third-order valence-corrected chi connectivity index (χ3v) is 7.00. The SMILES string of the molecule is O=C(NC1CCC(F)(F)CC1)N1CCN2C(=O)N([C@H]3C[C@@H]3c3ccccc3)C(=O)[C@@H]2C1. The van der Waals surface area contributed by atoms with Crippen molar-refractivity contribution in [3.63, 3.8) is 0 Å². The van der Waals surface area contributed by atoms with Gasteiger partial charge in [0.2, 0.25) is 5.92 Å². The lowest BCUT2D eigenvalue weighted by atomic mass is 9.92. The molecule has 7 nitrogen and oxygen atoms in total. The van der Waals surface area contributed by atoms with Gasteiger partial charge in [-0.2, -0.15) is 0 Å². The topological polar surface area (TPSA) is 73.0 Å². The number of carbonyl (C=O) groups excluding carboxylic acids is 3. The minimum absolute atomic E-state index is 0.126. The average molecular weight is 432 g/mol. The molecule has 2 heterocycles. The number of hydrogen-bond acceptors (Lipinski definition) is 3. The smallest absolute Gasteiger partial charge is 0.327 e. The van der Waals surface area contributed by atoms with Crippen LogP contribution in [0.25, 0.3) is 0 Å². The van der Waals surface area contributed by atoms with Gasteiger partial charge in [0, 0.05) is 43.9 Å². The van der Waals surface area contributed by atoms with Crippen molar-refractivity contribution in [3.8, 4) is 0 Å². The van der Waals surface area contributed by atoms with Crippen molar-refractivity contribution in [2.24, 2.45) is 0 Å². The summed E-state index contributed by atoms with van der Waals surface area (Å²) in [6, 6.07) is 8.17. The molecule has 0 unspecified atom stereocenters. The molecule has 1 N–H and O–H groups in total. The van der Waals surface area contributed by atoms with E-state index in [1.54, 1.807) is 4.90 Å². The third-order valence-electron chi connectivity index (χ3n) is 7.00. The highest BCUT2D eigenvalue weighted by atomic mass is 19.3. The van der Waals surface area contributed by atoms with E-state index in [9.17, 15) is 23.2 Å². The minimum atomic E-state index is -2.65. The summed E-state index contributed by atoms with van der Waals surface area (Å²) in [6.45, 7) is 0.758. The van der Waals surface area contributed by atoms with Crippen molar-refractivity contribution in [3.05, 3.63) is 35.9 Å². The van der Waals surface area contributed by atoms with Crippen LogP contribution in [-0.2, 0) is 4.79 Å². The molecule has 0 aromatic heterocycles. The molecule has 1 aromatic carbocycles. The van der Waals surface area contributed by atoms with Gasteiger partial charge in [0.25, 0.3) is 5.91 Å². The van der Waals surface area contributed by atoms with Gasteiger partial charge in [0.15, 0.2) is 0 Å². The molecule has 1 aromatic rings. The summed E-state index contributed by atoms with van der Waals surface area (Å²) in [5.41, 5.74) is 1.12. The van der Waals surface area contributed by atoms with Crippen LogP contribution in [0.15, 0.2) is 30.3 Å². The van der Waals surface area contributed by atoms with Gasteiger partial charge in [0.1, 0.15) is 6.04 Å². The quantitative estimate of drug-likeness (QED) is 0.747. The van der Waals surface area contributed by atoms with E-state index in [-0.39, 0.29) is 68.2 Å². The first kappa shape index (κ1) is 20.2. The fraction of sp³-hybridized carbons (Fsp3) is 0.591. The van der Waals surface area contributed by atoms with Crippen LogP contribution in [0.5, 0.6) is 0 Å². The normalized spacial score (nSPS) is 30.4. The Bertz CT molecular complexity index is 886. The molecule has 0 spiro atoms. The maximum absolute atomic E-state index is 13.3. The molecule has 9 heteroatoms. The van der Waals surface area contributed by atoms with Gasteiger partial charge >= 0.3 is 12.1 Å². The predicted octanol–water partition coefficient (Wildman–Crippen LogP) is 2.78. The lowest BCUT2D eigenvalue weighted by Gasteiger charge is -2.37. The molecule has 166 valence electrons. The first-order chi connectivity index (χ1) is 14.8. The van der Waals surface area contributed by atoms with Crippen LogP contribution >= 0.6 is 0 Å². The van der Waals surface area contributed by atoms with Gasteiger partial charge in [-0.3, -0.25) is 9.69 Å². The Morgan fingerprint density at radius 3 is 2.48 bits per heavy atom. The molecule has 5 amide bonds. The van der Waals surface area contributed by atoms with Crippen LogP contribution in [0, 0.1) is 0 Å². The average Bonchev–Trinajstić information content (AvgIpc) is 3.51. The van der Waals surface area contributed by atoms with E-state index in [4.69, 9.17) is 0 Å². The number of benzene rings is 1. The maximum Gasteiger partial charge on any atom is 0.327 e. The number of imide groups is 1. The molecule has 5 rings (SSSR count). The molecule has 2 saturated carbocycles. The molecule has 2 aliphatic heterocycles. The van der Waals surface area contributed by atoms with Crippen molar-refractivity contribution >= 4 is 18.0 Å². The van der Waals surface area contributed by atoms with Crippen LogP contribution in [-0.4, -0.2) is 76.4 Å². The highest BCUT2D eigenvalue weighted by molar-refractivity contribution is 6.05. The third kappa shape index (κ3) is 3.74. The Hall–Kier alpha value is -2.71. The first-order valence-electron chi connectivity index (χ1n) is 11.0. The monoisotopic (exact) mass is 432 g/mol. The molecular formula is C22H26F2N4O3. The molecule has 4 fully saturated rings. The zero-order valence-corrected chi connectivity index (χ0v) is 17.2. The van der Waals surface area contributed by atoms with E-state index in [0.29, 0.717) is 13.1 Å². The van der Waals surface area contributed by atoms with Gasteiger partial charge in [-0.1, -0.05) is 30.3 Å². The summed E-state index contributed by atoms with van der Waals surface area (Å²) >= 11 is 0. The number of halogens is 2. The van der Waals surface area contributed by atoms with Gasteiger partial charge in [0.05, 0.1) is 6.54 Å². The second kappa shape index (κ2) is 7.46. The molecular weight excluding hydrogens is 406 g/mol. The summed E-state index contributed by atoms with van der Waals surface area (Å²) in [7, 11) is 0. The summed E-state index contributed by atoms with van der Waals surface area (Å²) in [5.74, 6) is -2.73. The number of carbonyl (C=O) groups is 3. The van der Waals surface area contributed by atoms with Crippen LogP contribution in [0.1, 0.15) is 43.6 Å². The molecule has 2 saturated heterocycles. The summed E-state index contributed by atoms with van der Waals surface area (Å²) in [4.78, 5) is 43.1. The van der Waals surface area contributed by atoms with Gasteiger partial charge in [-0.05, 0) is 24.8 Å². The molecule has 2 aliphatic carbocycles. The fourth-order valence-electron chi connectivity index (χ4n) is 5.08. The number of nitrogens with one attached hydrogen (secondary N) is 1. The summed E-state index contributed by atoms with van der Waals surface area (Å²) in [5, 5.41) is 2.83. The predicted molar refractivity (Wildman–Crippen MR) is 108 cm³/mol. The van der Waals surface area contributed by atoms with E-state index in [1.807, 2.05) is 30.3 Å². The summed E-state index contributed by atoms with van der Waals surface area (Å²) < 4.78 is 26.7. The van der Waals surface area contributed by atoms with Crippen molar-refractivity contribution in [1.82, 2.24) is 20.0 Å². The Morgan fingerprint density at radius 2 is 1.77 bits per heavy atom. The van der Waals surface area contributed by atoms with Crippen molar-refractivity contribution in [2.45, 2.75) is 62.1 Å².